The first kappa shape index (κ1) is 26.9. The predicted molar refractivity (Wildman–Crippen MR) is 143 cm³/mol. The van der Waals surface area contributed by atoms with Gasteiger partial charge in [0.15, 0.2) is 0 Å². The van der Waals surface area contributed by atoms with E-state index in [0.29, 0.717) is 18.8 Å². The van der Waals surface area contributed by atoms with Crippen LogP contribution in [0.3, 0.4) is 0 Å². The lowest BCUT2D eigenvalue weighted by Gasteiger charge is -2.66. The number of hydrogen-bond donors (Lipinski definition) is 0. The SMILES string of the molecule is C=C1C[C@]23C[C@@H]1CC[C@H]2[C@]1(C)CC[C@@H](OC(=O)c2ccco2)[C@](C)(COC(C)=O)C1C[C@@H]3OC(=O)c1ccco1. The summed E-state index contributed by atoms with van der Waals surface area (Å²) < 4.78 is 28.8. The van der Waals surface area contributed by atoms with Crippen LogP contribution in [0.25, 0.3) is 0 Å². The van der Waals surface area contributed by atoms with Crippen molar-refractivity contribution in [1.82, 2.24) is 0 Å². The minimum Gasteiger partial charge on any atom is -0.465 e. The normalized spacial score (nSPS) is 38.2. The molecule has 4 saturated carbocycles. The minimum atomic E-state index is -0.704. The van der Waals surface area contributed by atoms with Gasteiger partial charge in [0.25, 0.3) is 0 Å². The second-order valence-corrected chi connectivity index (χ2v) is 13.0. The highest BCUT2D eigenvalue weighted by atomic mass is 16.6. The highest BCUT2D eigenvalue weighted by Gasteiger charge is 2.70. The first-order valence-electron chi connectivity index (χ1n) is 14.4. The number of hydrogen-bond acceptors (Lipinski definition) is 8. The van der Waals surface area contributed by atoms with Gasteiger partial charge in [-0.25, -0.2) is 9.59 Å². The largest absolute Gasteiger partial charge is 0.465 e. The molecule has 40 heavy (non-hydrogen) atoms. The number of furan rings is 2. The first-order chi connectivity index (χ1) is 19.1. The van der Waals surface area contributed by atoms with E-state index in [2.05, 4.69) is 20.4 Å². The summed E-state index contributed by atoms with van der Waals surface area (Å²) in [6.07, 6.45) is 8.01. The molecule has 214 valence electrons. The van der Waals surface area contributed by atoms with Crippen molar-refractivity contribution in [2.75, 3.05) is 6.61 Å². The van der Waals surface area contributed by atoms with Gasteiger partial charge in [0.05, 0.1) is 12.5 Å². The zero-order valence-electron chi connectivity index (χ0n) is 23.5. The van der Waals surface area contributed by atoms with Crippen LogP contribution in [0, 0.1) is 34.0 Å². The molecule has 1 spiro atoms. The van der Waals surface area contributed by atoms with Crippen LogP contribution in [0.4, 0.5) is 0 Å². The topological polar surface area (TPSA) is 105 Å². The fraction of sp³-hybridized carbons (Fsp3) is 0.594. The Morgan fingerprint density at radius 1 is 0.950 bits per heavy atom. The Kier molecular flexibility index (Phi) is 6.50. The third-order valence-corrected chi connectivity index (χ3v) is 10.9. The Morgan fingerprint density at radius 2 is 1.60 bits per heavy atom. The van der Waals surface area contributed by atoms with E-state index >= 15 is 0 Å². The van der Waals surface area contributed by atoms with Crippen LogP contribution in [0.5, 0.6) is 0 Å². The summed E-state index contributed by atoms with van der Waals surface area (Å²) in [5, 5.41) is 0. The molecule has 4 fully saturated rings. The van der Waals surface area contributed by atoms with Gasteiger partial charge in [-0.3, -0.25) is 4.79 Å². The van der Waals surface area contributed by atoms with Crippen LogP contribution in [-0.2, 0) is 19.0 Å². The summed E-state index contributed by atoms with van der Waals surface area (Å²) in [5.41, 5.74) is 0.219. The fourth-order valence-electron chi connectivity index (χ4n) is 9.23. The monoisotopic (exact) mass is 550 g/mol. The van der Waals surface area contributed by atoms with Crippen molar-refractivity contribution in [2.24, 2.45) is 34.0 Å². The summed E-state index contributed by atoms with van der Waals surface area (Å²) in [6.45, 7) is 10.3. The molecule has 0 amide bonds. The van der Waals surface area contributed by atoms with Crippen molar-refractivity contribution in [2.45, 2.75) is 77.9 Å². The van der Waals surface area contributed by atoms with E-state index in [1.807, 2.05) is 0 Å². The molecule has 6 rings (SSSR count). The van der Waals surface area contributed by atoms with Gasteiger partial charge in [0, 0.05) is 17.8 Å². The van der Waals surface area contributed by atoms with E-state index in [9.17, 15) is 14.4 Å². The van der Waals surface area contributed by atoms with Crippen molar-refractivity contribution in [3.8, 4) is 0 Å². The van der Waals surface area contributed by atoms with E-state index in [-0.39, 0.29) is 52.9 Å². The van der Waals surface area contributed by atoms with Crippen LogP contribution >= 0.6 is 0 Å². The molecule has 0 N–H and O–H groups in total. The van der Waals surface area contributed by atoms with Crippen molar-refractivity contribution in [3.63, 3.8) is 0 Å². The van der Waals surface area contributed by atoms with Crippen molar-refractivity contribution in [3.05, 3.63) is 60.5 Å². The minimum absolute atomic E-state index is 0.0436. The molecule has 0 aliphatic heterocycles. The second-order valence-electron chi connectivity index (χ2n) is 13.0. The van der Waals surface area contributed by atoms with Gasteiger partial charge in [0.1, 0.15) is 18.8 Å². The maximum Gasteiger partial charge on any atom is 0.374 e. The average molecular weight is 551 g/mol. The van der Waals surface area contributed by atoms with Crippen LogP contribution < -0.4 is 0 Å². The summed E-state index contributed by atoms with van der Waals surface area (Å²) in [6, 6.07) is 6.53. The third-order valence-electron chi connectivity index (χ3n) is 10.9. The zero-order chi connectivity index (χ0) is 28.3. The fourth-order valence-corrected chi connectivity index (χ4v) is 9.23. The Hall–Kier alpha value is -3.29. The van der Waals surface area contributed by atoms with E-state index in [1.165, 1.54) is 25.0 Å². The van der Waals surface area contributed by atoms with E-state index in [0.717, 1.165) is 32.1 Å². The molecule has 2 bridgehead atoms. The molecule has 2 heterocycles. The Labute approximate surface area is 234 Å². The van der Waals surface area contributed by atoms with Gasteiger partial charge in [0.2, 0.25) is 11.5 Å². The molecule has 0 saturated heterocycles. The number of allylic oxidation sites excluding steroid dienone is 1. The van der Waals surface area contributed by atoms with Crippen molar-refractivity contribution >= 4 is 17.9 Å². The highest BCUT2D eigenvalue weighted by molar-refractivity contribution is 5.86. The molecular formula is C32H38O8. The molecule has 2 aromatic heterocycles. The van der Waals surface area contributed by atoms with Gasteiger partial charge >= 0.3 is 17.9 Å². The van der Waals surface area contributed by atoms with Crippen LogP contribution in [-0.4, -0.2) is 36.7 Å². The lowest BCUT2D eigenvalue weighted by molar-refractivity contribution is -0.232. The molecule has 0 aromatic carbocycles. The average Bonchev–Trinajstić information content (AvgIpc) is 3.69. The van der Waals surface area contributed by atoms with Crippen LogP contribution in [0.2, 0.25) is 0 Å². The van der Waals surface area contributed by atoms with Gasteiger partial charge in [-0.2, -0.15) is 0 Å². The van der Waals surface area contributed by atoms with Gasteiger partial charge < -0.3 is 23.0 Å². The lowest BCUT2D eigenvalue weighted by atomic mass is 9.40. The van der Waals surface area contributed by atoms with E-state index in [1.54, 1.807) is 24.3 Å². The number of carbonyl (C=O) groups is 3. The molecule has 2 aromatic rings. The third kappa shape index (κ3) is 4.13. The molecule has 1 unspecified atom stereocenters. The summed E-state index contributed by atoms with van der Waals surface area (Å²) in [7, 11) is 0. The number of rotatable bonds is 6. The molecule has 8 heteroatoms. The molecular weight excluding hydrogens is 512 g/mol. The maximum atomic E-state index is 13.3. The summed E-state index contributed by atoms with van der Waals surface area (Å²) in [4.78, 5) is 38.4. The molecule has 4 aliphatic rings. The molecule has 8 nitrogen and oxygen atoms in total. The number of esters is 3. The Balaban J connectivity index is 1.39. The van der Waals surface area contributed by atoms with Gasteiger partial charge in [-0.1, -0.05) is 26.0 Å². The van der Waals surface area contributed by atoms with E-state index < -0.39 is 23.5 Å². The standard InChI is InChI=1S/C32H38O8/c1-19-16-32-17-21(19)9-10-24(32)30(3)12-11-26(39-28(34)22-7-5-13-36-22)31(4,18-38-20(2)33)25(30)15-27(32)40-29(35)23-8-6-14-37-23/h5-8,13-14,21,24-27H,1,9-12,15-18H2,2-4H3/t21-,24-,25?,26+,27-,30-,31+,32-/m0/s1. The Bertz CT molecular complexity index is 1290. The van der Waals surface area contributed by atoms with Crippen molar-refractivity contribution in [1.29, 1.82) is 0 Å². The summed E-state index contributed by atoms with van der Waals surface area (Å²) >= 11 is 0. The number of carbonyl (C=O) groups excluding carboxylic acids is 3. The molecule has 0 radical (unpaired) electrons. The zero-order valence-corrected chi connectivity index (χ0v) is 23.5. The van der Waals surface area contributed by atoms with Crippen LogP contribution in [0.1, 0.15) is 86.8 Å². The smallest absolute Gasteiger partial charge is 0.374 e. The molecule has 8 atom stereocenters. The number of ether oxygens (including phenoxy) is 3. The lowest BCUT2D eigenvalue weighted by Crippen LogP contribution is -2.66. The van der Waals surface area contributed by atoms with Gasteiger partial charge in [-0.05, 0) is 92.4 Å². The predicted octanol–water partition coefficient (Wildman–Crippen LogP) is 6.38. The Morgan fingerprint density at radius 3 is 2.20 bits per heavy atom. The first-order valence-corrected chi connectivity index (χ1v) is 14.4. The van der Waals surface area contributed by atoms with Crippen molar-refractivity contribution < 1.29 is 37.4 Å². The maximum absolute atomic E-state index is 13.3. The van der Waals surface area contributed by atoms with Gasteiger partial charge in [-0.15, -0.1) is 0 Å². The summed E-state index contributed by atoms with van der Waals surface area (Å²) in [5.74, 6) is -0.386. The highest BCUT2D eigenvalue weighted by Crippen LogP contribution is 2.72. The van der Waals surface area contributed by atoms with E-state index in [4.69, 9.17) is 23.0 Å². The molecule has 4 aliphatic carbocycles. The number of fused-ring (bicyclic) bond motifs is 3. The quantitative estimate of drug-likeness (QED) is 0.232. The van der Waals surface area contributed by atoms with Crippen LogP contribution in [0.15, 0.2) is 57.8 Å². The second kappa shape index (κ2) is 9.67.